The number of carbonyl (C=O) groups is 2. The minimum atomic E-state index is -1.28. The van der Waals surface area contributed by atoms with Crippen LogP contribution in [-0.4, -0.2) is 27.1 Å². The highest BCUT2D eigenvalue weighted by molar-refractivity contribution is 8.01. The van der Waals surface area contributed by atoms with Crippen LogP contribution in [0.4, 0.5) is 0 Å². The summed E-state index contributed by atoms with van der Waals surface area (Å²) in [7, 11) is 0. The number of amides is 1. The van der Waals surface area contributed by atoms with Crippen LogP contribution in [0.15, 0.2) is 0 Å². The molecule has 0 aromatic carbocycles. The van der Waals surface area contributed by atoms with Gasteiger partial charge in [0.25, 0.3) is 0 Å². The molecule has 0 bridgehead atoms. The molecule has 0 aliphatic heterocycles. The van der Waals surface area contributed by atoms with Crippen molar-refractivity contribution in [2.75, 3.05) is 0 Å². The van der Waals surface area contributed by atoms with Crippen molar-refractivity contribution in [3.63, 3.8) is 0 Å². The van der Waals surface area contributed by atoms with E-state index in [1.165, 1.54) is 11.8 Å². The summed E-state index contributed by atoms with van der Waals surface area (Å²) in [5.74, 6) is -1.31. The first-order valence-electron chi connectivity index (χ1n) is 7.55. The van der Waals surface area contributed by atoms with E-state index in [0.29, 0.717) is 0 Å². The highest BCUT2D eigenvalue weighted by Gasteiger charge is 2.52. The van der Waals surface area contributed by atoms with Gasteiger partial charge in [0.1, 0.15) is 0 Å². The smallest absolute Gasteiger partial charge is 0.339 e. The lowest BCUT2D eigenvalue weighted by Crippen LogP contribution is -2.55. The molecular formula is C16H29NO3S. The standard InChI is InChI=1S/C16H29NO3S/c1-10(2)21-16(7,13(19)20)17-12(18)11-14(3,4)8-9-15(11,5)6/h10-11H,8-9H2,1-7H3,(H,17,18)(H,19,20). The van der Waals surface area contributed by atoms with Crippen molar-refractivity contribution in [1.29, 1.82) is 0 Å². The Labute approximate surface area is 132 Å². The van der Waals surface area contributed by atoms with E-state index in [2.05, 4.69) is 33.0 Å². The van der Waals surface area contributed by atoms with Gasteiger partial charge in [0, 0.05) is 11.2 Å². The molecule has 0 heterocycles. The number of rotatable bonds is 5. The molecule has 1 rings (SSSR count). The highest BCUT2D eigenvalue weighted by Crippen LogP contribution is 2.54. The molecule has 1 aliphatic rings. The lowest BCUT2D eigenvalue weighted by Gasteiger charge is -2.37. The van der Waals surface area contributed by atoms with Gasteiger partial charge in [0.05, 0.1) is 0 Å². The van der Waals surface area contributed by atoms with Crippen molar-refractivity contribution in [3.8, 4) is 0 Å². The van der Waals surface area contributed by atoms with Crippen molar-refractivity contribution in [2.24, 2.45) is 16.7 Å². The van der Waals surface area contributed by atoms with Gasteiger partial charge in [-0.15, -0.1) is 11.8 Å². The number of hydrogen-bond donors (Lipinski definition) is 2. The van der Waals surface area contributed by atoms with E-state index in [-0.39, 0.29) is 27.9 Å². The Kier molecular flexibility index (Phi) is 5.09. The van der Waals surface area contributed by atoms with Gasteiger partial charge in [-0.25, -0.2) is 4.79 Å². The summed E-state index contributed by atoms with van der Waals surface area (Å²) in [6, 6.07) is 0. The summed E-state index contributed by atoms with van der Waals surface area (Å²) in [6.45, 7) is 13.8. The molecule has 1 saturated carbocycles. The number of thioether (sulfide) groups is 1. The van der Waals surface area contributed by atoms with E-state index in [1.54, 1.807) is 6.92 Å². The Balaban J connectivity index is 2.99. The molecule has 0 saturated heterocycles. The van der Waals surface area contributed by atoms with Gasteiger partial charge in [0.15, 0.2) is 4.87 Å². The van der Waals surface area contributed by atoms with Gasteiger partial charge in [-0.2, -0.15) is 0 Å². The first-order valence-corrected chi connectivity index (χ1v) is 8.43. The molecule has 2 N–H and O–H groups in total. The average Bonchev–Trinajstić information content (AvgIpc) is 2.45. The Morgan fingerprint density at radius 1 is 1.19 bits per heavy atom. The normalized spacial score (nSPS) is 23.8. The monoisotopic (exact) mass is 315 g/mol. The fourth-order valence-electron chi connectivity index (χ4n) is 3.61. The second kappa shape index (κ2) is 5.82. The second-order valence-corrected chi connectivity index (χ2v) is 9.90. The molecule has 0 radical (unpaired) electrons. The predicted octanol–water partition coefficient (Wildman–Crippen LogP) is 3.51. The second-order valence-electron chi connectivity index (χ2n) is 7.90. The molecule has 0 spiro atoms. The van der Waals surface area contributed by atoms with Gasteiger partial charge in [-0.3, -0.25) is 4.79 Å². The summed E-state index contributed by atoms with van der Waals surface area (Å²) < 4.78 is 0. The first kappa shape index (κ1) is 18.3. The molecular weight excluding hydrogens is 286 g/mol. The number of carboxylic acid groups (broad SMARTS) is 1. The quantitative estimate of drug-likeness (QED) is 0.762. The molecule has 0 aromatic rings. The van der Waals surface area contributed by atoms with Crippen molar-refractivity contribution in [3.05, 3.63) is 0 Å². The molecule has 5 heteroatoms. The molecule has 1 aliphatic carbocycles. The van der Waals surface area contributed by atoms with E-state index in [4.69, 9.17) is 0 Å². The maximum absolute atomic E-state index is 12.8. The molecule has 1 atom stereocenters. The SMILES string of the molecule is CC(C)SC(C)(NC(=O)C1C(C)(C)CCC1(C)C)C(=O)O. The molecule has 1 amide bonds. The lowest BCUT2D eigenvalue weighted by molar-refractivity contribution is -0.145. The zero-order valence-electron chi connectivity index (χ0n) is 14.2. The summed E-state index contributed by atoms with van der Waals surface area (Å²) in [6.07, 6.45) is 1.97. The fourth-order valence-corrected chi connectivity index (χ4v) is 4.82. The minimum Gasteiger partial charge on any atom is -0.479 e. The van der Waals surface area contributed by atoms with Crippen LogP contribution in [-0.2, 0) is 9.59 Å². The van der Waals surface area contributed by atoms with Crippen molar-refractivity contribution >= 4 is 23.6 Å². The molecule has 1 unspecified atom stereocenters. The zero-order valence-corrected chi connectivity index (χ0v) is 15.1. The van der Waals surface area contributed by atoms with Crippen LogP contribution < -0.4 is 5.32 Å². The Morgan fingerprint density at radius 2 is 1.62 bits per heavy atom. The third kappa shape index (κ3) is 3.93. The third-order valence-corrected chi connectivity index (χ3v) is 5.70. The Bertz CT molecular complexity index is 415. The molecule has 4 nitrogen and oxygen atoms in total. The minimum absolute atomic E-state index is 0.102. The van der Waals surface area contributed by atoms with Crippen molar-refractivity contribution in [2.45, 2.75) is 71.4 Å². The van der Waals surface area contributed by atoms with Gasteiger partial charge in [-0.1, -0.05) is 41.5 Å². The molecule has 0 aromatic heterocycles. The third-order valence-electron chi connectivity index (χ3n) is 4.48. The average molecular weight is 315 g/mol. The molecule has 21 heavy (non-hydrogen) atoms. The van der Waals surface area contributed by atoms with Gasteiger partial charge < -0.3 is 10.4 Å². The Morgan fingerprint density at radius 3 is 1.95 bits per heavy atom. The van der Waals surface area contributed by atoms with Crippen LogP contribution in [0.2, 0.25) is 0 Å². The number of carbonyl (C=O) groups excluding carboxylic acids is 1. The summed E-state index contributed by atoms with van der Waals surface area (Å²) in [5, 5.41) is 12.4. The lowest BCUT2D eigenvalue weighted by atomic mass is 9.72. The topological polar surface area (TPSA) is 66.4 Å². The van der Waals surface area contributed by atoms with Crippen LogP contribution in [0.5, 0.6) is 0 Å². The van der Waals surface area contributed by atoms with E-state index >= 15 is 0 Å². The molecule has 122 valence electrons. The van der Waals surface area contributed by atoms with Crippen LogP contribution >= 0.6 is 11.8 Å². The number of nitrogens with one attached hydrogen (secondary N) is 1. The maximum Gasteiger partial charge on any atom is 0.339 e. The largest absolute Gasteiger partial charge is 0.479 e. The van der Waals surface area contributed by atoms with E-state index < -0.39 is 10.8 Å². The van der Waals surface area contributed by atoms with E-state index in [0.717, 1.165) is 12.8 Å². The van der Waals surface area contributed by atoms with Crippen molar-refractivity contribution < 1.29 is 14.7 Å². The van der Waals surface area contributed by atoms with Crippen LogP contribution in [0.1, 0.15) is 61.3 Å². The Hall–Kier alpha value is -0.710. The maximum atomic E-state index is 12.8. The van der Waals surface area contributed by atoms with E-state index in [9.17, 15) is 14.7 Å². The van der Waals surface area contributed by atoms with Crippen LogP contribution in [0, 0.1) is 16.7 Å². The molecule has 1 fully saturated rings. The number of carboxylic acids is 1. The number of aliphatic carboxylic acids is 1. The summed E-state index contributed by atoms with van der Waals surface area (Å²) in [5.41, 5.74) is -0.203. The van der Waals surface area contributed by atoms with Gasteiger partial charge in [-0.05, 0) is 30.6 Å². The highest BCUT2D eigenvalue weighted by atomic mass is 32.2. The first-order chi connectivity index (χ1) is 9.32. The number of hydrogen-bond acceptors (Lipinski definition) is 3. The van der Waals surface area contributed by atoms with Crippen molar-refractivity contribution in [1.82, 2.24) is 5.32 Å². The fraction of sp³-hybridized carbons (Fsp3) is 0.875. The summed E-state index contributed by atoms with van der Waals surface area (Å²) in [4.78, 5) is 23.1. The van der Waals surface area contributed by atoms with Gasteiger partial charge in [0.2, 0.25) is 5.91 Å². The summed E-state index contributed by atoms with van der Waals surface area (Å²) >= 11 is 1.27. The van der Waals surface area contributed by atoms with Gasteiger partial charge >= 0.3 is 5.97 Å². The predicted molar refractivity (Wildman–Crippen MR) is 87.2 cm³/mol. The van der Waals surface area contributed by atoms with Crippen LogP contribution in [0.25, 0.3) is 0 Å². The van der Waals surface area contributed by atoms with Crippen LogP contribution in [0.3, 0.4) is 0 Å². The zero-order chi connectivity index (χ0) is 16.6. The van der Waals surface area contributed by atoms with E-state index in [1.807, 2.05) is 13.8 Å².